The van der Waals surface area contributed by atoms with Gasteiger partial charge in [-0.15, -0.1) is 0 Å². The molecule has 0 bridgehead atoms. The van der Waals surface area contributed by atoms with Crippen LogP contribution in [0.5, 0.6) is 11.5 Å². The molecule has 2 aromatic heterocycles. The Morgan fingerprint density at radius 1 is 1.00 bits per heavy atom. The summed E-state index contributed by atoms with van der Waals surface area (Å²) in [6.07, 6.45) is 4.58. The van der Waals surface area contributed by atoms with Crippen molar-refractivity contribution in [2.45, 2.75) is 13.3 Å². The highest BCUT2D eigenvalue weighted by Crippen LogP contribution is 2.45. The van der Waals surface area contributed by atoms with Crippen LogP contribution in [0.4, 0.5) is 5.82 Å². The van der Waals surface area contributed by atoms with Crippen molar-refractivity contribution < 1.29 is 23.8 Å². The predicted octanol–water partition coefficient (Wildman–Crippen LogP) is 3.07. The van der Waals surface area contributed by atoms with E-state index in [4.69, 9.17) is 19.2 Å². The van der Waals surface area contributed by atoms with E-state index in [1.165, 1.54) is 0 Å². The molecule has 6 rings (SSSR count). The molecule has 3 aliphatic rings. The number of carbonyl (C=O) groups is 2. The van der Waals surface area contributed by atoms with Crippen molar-refractivity contribution in [2.75, 3.05) is 50.8 Å². The third kappa shape index (κ3) is 4.00. The number of benzene rings is 1. The van der Waals surface area contributed by atoms with Gasteiger partial charge in [-0.3, -0.25) is 4.98 Å². The predicted molar refractivity (Wildman–Crippen MR) is 134 cm³/mol. The van der Waals surface area contributed by atoms with Crippen LogP contribution in [0, 0.1) is 0 Å². The van der Waals surface area contributed by atoms with Crippen LogP contribution in [0.3, 0.4) is 0 Å². The summed E-state index contributed by atoms with van der Waals surface area (Å²) in [6.45, 7) is 7.89. The van der Waals surface area contributed by atoms with Crippen LogP contribution in [0.2, 0.25) is 0 Å². The lowest BCUT2D eigenvalue weighted by Crippen LogP contribution is -2.46. The zero-order valence-electron chi connectivity index (χ0n) is 20.0. The molecule has 9 heteroatoms. The van der Waals surface area contributed by atoms with Gasteiger partial charge in [0.15, 0.2) is 5.75 Å². The van der Waals surface area contributed by atoms with Gasteiger partial charge < -0.3 is 24.0 Å². The highest BCUT2D eigenvalue weighted by atomic mass is 16.6. The zero-order valence-corrected chi connectivity index (χ0v) is 20.0. The number of anilines is 1. The minimum atomic E-state index is -1.07. The first-order chi connectivity index (χ1) is 17.6. The molecule has 1 saturated heterocycles. The maximum absolute atomic E-state index is 12.4. The lowest BCUT2D eigenvalue weighted by atomic mass is 10.0. The van der Waals surface area contributed by atoms with Gasteiger partial charge in [0.2, 0.25) is 0 Å². The molecule has 9 nitrogen and oxygen atoms in total. The van der Waals surface area contributed by atoms with Crippen LogP contribution in [0.1, 0.15) is 19.0 Å². The zero-order chi connectivity index (χ0) is 24.6. The Morgan fingerprint density at radius 3 is 2.56 bits per heavy atom. The number of rotatable bonds is 4. The molecular weight excluding hydrogens is 460 g/mol. The number of esters is 2. The maximum atomic E-state index is 12.4. The SMILES string of the molecule is CCN1CCN(c2nc(-c3ccc(C4=CCOCC4)nc3)c3c4c(cccc24)OC(=O)C(=O)O3)CC1. The lowest BCUT2D eigenvalue weighted by molar-refractivity contribution is -0.155. The van der Waals surface area contributed by atoms with Crippen molar-refractivity contribution in [1.82, 2.24) is 14.9 Å². The smallest absolute Gasteiger partial charge is 0.417 e. The van der Waals surface area contributed by atoms with Crippen LogP contribution in [0.15, 0.2) is 42.6 Å². The molecule has 1 aromatic carbocycles. The van der Waals surface area contributed by atoms with Crippen molar-refractivity contribution in [3.63, 3.8) is 0 Å². The van der Waals surface area contributed by atoms with Gasteiger partial charge in [0, 0.05) is 43.3 Å². The van der Waals surface area contributed by atoms with E-state index in [1.54, 1.807) is 18.3 Å². The summed E-state index contributed by atoms with van der Waals surface area (Å²) in [6, 6.07) is 9.26. The molecule has 0 aliphatic carbocycles. The van der Waals surface area contributed by atoms with Gasteiger partial charge in [-0.2, -0.15) is 0 Å². The van der Waals surface area contributed by atoms with Crippen LogP contribution >= 0.6 is 0 Å². The first-order valence-electron chi connectivity index (χ1n) is 12.2. The molecule has 0 saturated carbocycles. The minimum Gasteiger partial charge on any atom is -0.417 e. The molecule has 1 fully saturated rings. The first-order valence-corrected chi connectivity index (χ1v) is 12.2. The second kappa shape index (κ2) is 9.33. The molecule has 0 N–H and O–H groups in total. The van der Waals surface area contributed by atoms with E-state index in [9.17, 15) is 9.59 Å². The molecule has 0 spiro atoms. The molecule has 0 amide bonds. The topological polar surface area (TPSA) is 94.1 Å². The summed E-state index contributed by atoms with van der Waals surface area (Å²) in [5.41, 5.74) is 3.16. The Labute approximate surface area is 208 Å². The van der Waals surface area contributed by atoms with Crippen molar-refractivity contribution in [2.24, 2.45) is 0 Å². The van der Waals surface area contributed by atoms with Gasteiger partial charge in [-0.25, -0.2) is 14.6 Å². The van der Waals surface area contributed by atoms with Gasteiger partial charge in [-0.1, -0.05) is 25.1 Å². The average molecular weight is 487 g/mol. The summed E-state index contributed by atoms with van der Waals surface area (Å²) in [4.78, 5) is 39.1. The van der Waals surface area contributed by atoms with Crippen LogP contribution < -0.4 is 14.4 Å². The highest BCUT2D eigenvalue weighted by Gasteiger charge is 2.32. The van der Waals surface area contributed by atoms with Gasteiger partial charge in [-0.05, 0) is 36.7 Å². The monoisotopic (exact) mass is 486 g/mol. The molecular formula is C27H26N4O5. The molecule has 0 radical (unpaired) electrons. The largest absolute Gasteiger partial charge is 0.423 e. The van der Waals surface area contributed by atoms with E-state index in [0.717, 1.165) is 61.6 Å². The summed E-state index contributed by atoms with van der Waals surface area (Å²) in [7, 11) is 0. The van der Waals surface area contributed by atoms with Crippen molar-refractivity contribution in [3.05, 3.63) is 48.3 Å². The molecule has 36 heavy (non-hydrogen) atoms. The van der Waals surface area contributed by atoms with E-state index >= 15 is 0 Å². The number of piperazine rings is 1. The van der Waals surface area contributed by atoms with E-state index in [0.29, 0.717) is 29.9 Å². The number of aromatic nitrogens is 2. The second-order valence-corrected chi connectivity index (χ2v) is 8.98. The number of hydrogen-bond acceptors (Lipinski definition) is 9. The molecule has 184 valence electrons. The second-order valence-electron chi connectivity index (χ2n) is 8.98. The molecule has 5 heterocycles. The Bertz CT molecular complexity index is 1380. The van der Waals surface area contributed by atoms with Crippen LogP contribution in [-0.2, 0) is 14.3 Å². The number of nitrogens with zero attached hydrogens (tertiary/aromatic N) is 4. The molecule has 0 unspecified atom stereocenters. The summed E-state index contributed by atoms with van der Waals surface area (Å²) >= 11 is 0. The molecule has 0 atom stereocenters. The van der Waals surface area contributed by atoms with Crippen LogP contribution in [-0.4, -0.2) is 72.7 Å². The third-order valence-electron chi connectivity index (χ3n) is 6.94. The van der Waals surface area contributed by atoms with Crippen molar-refractivity contribution >= 4 is 34.1 Å². The van der Waals surface area contributed by atoms with Crippen molar-refractivity contribution in [1.29, 1.82) is 0 Å². The maximum Gasteiger partial charge on any atom is 0.423 e. The Morgan fingerprint density at radius 2 is 1.83 bits per heavy atom. The number of likely N-dealkylation sites (N-methyl/N-ethyl adjacent to an activating group) is 1. The normalized spacial score (nSPS) is 18.5. The third-order valence-corrected chi connectivity index (χ3v) is 6.94. The molecule has 3 aromatic rings. The first kappa shape index (κ1) is 22.6. The highest BCUT2D eigenvalue weighted by molar-refractivity contribution is 6.32. The summed E-state index contributed by atoms with van der Waals surface area (Å²) in [5, 5.41) is 1.33. The number of carbonyl (C=O) groups excluding carboxylic acids is 2. The number of hydrogen-bond donors (Lipinski definition) is 0. The average Bonchev–Trinajstić information content (AvgIpc) is 3.06. The Balaban J connectivity index is 1.51. The van der Waals surface area contributed by atoms with E-state index < -0.39 is 11.9 Å². The number of pyridine rings is 2. The van der Waals surface area contributed by atoms with Crippen molar-refractivity contribution in [3.8, 4) is 22.8 Å². The Kier molecular flexibility index (Phi) is 5.86. The lowest BCUT2D eigenvalue weighted by Gasteiger charge is -2.35. The fourth-order valence-electron chi connectivity index (χ4n) is 4.94. The van der Waals surface area contributed by atoms with E-state index in [-0.39, 0.29) is 11.5 Å². The standard InChI is InChI=1S/C27H26N4O5/c1-2-30-10-12-31(13-11-30)25-19-4-3-5-21-22(19)24(36-27(33)26(32)35-21)23(29-25)18-6-7-20(28-16-18)17-8-14-34-15-9-17/h3-8,16H,2,9-15H2,1H3. The quantitative estimate of drug-likeness (QED) is 0.313. The van der Waals surface area contributed by atoms with Gasteiger partial charge in [0.25, 0.3) is 0 Å². The Hall–Kier alpha value is -3.82. The fourth-order valence-corrected chi connectivity index (χ4v) is 4.94. The van der Waals surface area contributed by atoms with Gasteiger partial charge in [0.1, 0.15) is 17.3 Å². The van der Waals surface area contributed by atoms with Gasteiger partial charge in [0.05, 0.1) is 24.3 Å². The summed E-state index contributed by atoms with van der Waals surface area (Å²) < 4.78 is 16.4. The fraction of sp³-hybridized carbons (Fsp3) is 0.333. The van der Waals surface area contributed by atoms with Crippen LogP contribution in [0.25, 0.3) is 27.6 Å². The minimum absolute atomic E-state index is 0.215. The van der Waals surface area contributed by atoms with E-state index in [2.05, 4.69) is 21.7 Å². The molecule has 3 aliphatic heterocycles. The summed E-state index contributed by atoms with van der Waals surface area (Å²) in [5.74, 6) is -0.856. The van der Waals surface area contributed by atoms with Gasteiger partial charge >= 0.3 is 11.9 Å². The number of ether oxygens (including phenoxy) is 3. The van der Waals surface area contributed by atoms with E-state index in [1.807, 2.05) is 24.3 Å².